The number of allylic oxidation sites excluding steroid dienone is 1. The Hall–Kier alpha value is -2.10. The van der Waals surface area contributed by atoms with E-state index < -0.39 is 0 Å². The molecule has 4 heteroatoms. The van der Waals surface area contributed by atoms with Crippen molar-refractivity contribution < 1.29 is 18.9 Å². The number of hydrogen-bond acceptors (Lipinski definition) is 4. The fraction of sp³-hybridized carbons (Fsp3) is 0.333. The van der Waals surface area contributed by atoms with E-state index in [1.54, 1.807) is 14.2 Å². The third-order valence-electron chi connectivity index (χ3n) is 2.41. The van der Waals surface area contributed by atoms with Crippen LogP contribution in [-0.2, 0) is 4.74 Å². The Morgan fingerprint density at radius 1 is 1.11 bits per heavy atom. The van der Waals surface area contributed by atoms with E-state index in [2.05, 4.69) is 6.58 Å². The van der Waals surface area contributed by atoms with E-state index in [0.717, 1.165) is 5.56 Å². The number of benzene rings is 1. The van der Waals surface area contributed by atoms with Gasteiger partial charge in [-0.3, -0.25) is 0 Å². The second-order valence-corrected chi connectivity index (χ2v) is 3.64. The van der Waals surface area contributed by atoms with Gasteiger partial charge in [0.1, 0.15) is 13.2 Å². The highest BCUT2D eigenvalue weighted by Gasteiger charge is 2.13. The van der Waals surface area contributed by atoms with E-state index in [1.165, 1.54) is 6.26 Å². The maximum absolute atomic E-state index is 5.64. The Balaban J connectivity index is 2.96. The van der Waals surface area contributed by atoms with Gasteiger partial charge in [0.25, 0.3) is 0 Å². The fourth-order valence-electron chi connectivity index (χ4n) is 1.61. The second kappa shape index (κ2) is 8.08. The van der Waals surface area contributed by atoms with Crippen molar-refractivity contribution in [3.63, 3.8) is 0 Å². The Labute approximate surface area is 114 Å². The van der Waals surface area contributed by atoms with Crippen LogP contribution in [0, 0.1) is 0 Å². The van der Waals surface area contributed by atoms with Gasteiger partial charge in [-0.05, 0) is 24.6 Å². The van der Waals surface area contributed by atoms with Gasteiger partial charge in [-0.15, -0.1) is 0 Å². The summed E-state index contributed by atoms with van der Waals surface area (Å²) < 4.78 is 21.3. The molecule has 0 atom stereocenters. The molecule has 104 valence electrons. The van der Waals surface area contributed by atoms with Crippen molar-refractivity contribution in [3.05, 3.63) is 36.6 Å². The summed E-state index contributed by atoms with van der Waals surface area (Å²) in [5.74, 6) is 1.84. The average molecular weight is 264 g/mol. The van der Waals surface area contributed by atoms with Gasteiger partial charge in [0.05, 0.1) is 20.5 Å². The van der Waals surface area contributed by atoms with Crippen molar-refractivity contribution in [3.8, 4) is 17.2 Å². The molecule has 0 aliphatic rings. The molecule has 1 rings (SSSR count). The van der Waals surface area contributed by atoms with E-state index in [4.69, 9.17) is 18.9 Å². The molecule has 0 aromatic heterocycles. The third-order valence-corrected chi connectivity index (χ3v) is 2.41. The summed E-state index contributed by atoms with van der Waals surface area (Å²) in [5, 5.41) is 0. The van der Waals surface area contributed by atoms with Crippen LogP contribution < -0.4 is 14.2 Å². The van der Waals surface area contributed by atoms with E-state index in [1.807, 2.05) is 31.2 Å². The molecule has 0 bridgehead atoms. The molecule has 0 fully saturated rings. The summed E-state index contributed by atoms with van der Waals surface area (Å²) >= 11 is 0. The molecule has 0 saturated heterocycles. The van der Waals surface area contributed by atoms with Crippen LogP contribution in [0.25, 0.3) is 6.08 Å². The summed E-state index contributed by atoms with van der Waals surface area (Å²) in [6.45, 7) is 6.24. The van der Waals surface area contributed by atoms with Gasteiger partial charge in [-0.25, -0.2) is 0 Å². The van der Waals surface area contributed by atoms with Gasteiger partial charge in [-0.1, -0.05) is 18.7 Å². The summed E-state index contributed by atoms with van der Waals surface area (Å²) in [7, 11) is 3.20. The first kappa shape index (κ1) is 15.0. The minimum Gasteiger partial charge on any atom is -0.498 e. The molecule has 0 radical (unpaired) electrons. The standard InChI is InChI=1S/C15H20O4/c1-5-7-12-10-13(16-3)15(14(11-12)17-4)19-9-8-18-6-2/h5-7,10-11H,2,8-9H2,1,3-4H3. The highest BCUT2D eigenvalue weighted by Crippen LogP contribution is 2.38. The third kappa shape index (κ3) is 4.25. The average Bonchev–Trinajstić information content (AvgIpc) is 2.44. The topological polar surface area (TPSA) is 36.9 Å². The van der Waals surface area contributed by atoms with Crippen molar-refractivity contribution in [1.82, 2.24) is 0 Å². The molecule has 0 aliphatic heterocycles. The van der Waals surface area contributed by atoms with Gasteiger partial charge in [0.15, 0.2) is 11.5 Å². The Morgan fingerprint density at radius 2 is 1.74 bits per heavy atom. The first-order chi connectivity index (χ1) is 9.26. The van der Waals surface area contributed by atoms with E-state index in [0.29, 0.717) is 30.5 Å². The Bertz CT molecular complexity index is 413. The summed E-state index contributed by atoms with van der Waals surface area (Å²) in [6, 6.07) is 3.79. The molecule has 0 heterocycles. The zero-order valence-electron chi connectivity index (χ0n) is 11.6. The maximum atomic E-state index is 5.64. The molecule has 0 saturated carbocycles. The van der Waals surface area contributed by atoms with Gasteiger partial charge >= 0.3 is 0 Å². The van der Waals surface area contributed by atoms with Gasteiger partial charge in [-0.2, -0.15) is 0 Å². The minimum atomic E-state index is 0.391. The molecule has 19 heavy (non-hydrogen) atoms. The smallest absolute Gasteiger partial charge is 0.203 e. The van der Waals surface area contributed by atoms with Crippen LogP contribution in [0.1, 0.15) is 12.5 Å². The molecule has 1 aromatic rings. The lowest BCUT2D eigenvalue weighted by Gasteiger charge is -2.15. The SMILES string of the molecule is C=COCCOc1c(OC)cc(C=CC)cc1OC. The first-order valence-electron chi connectivity index (χ1n) is 6.00. The molecular formula is C15H20O4. The zero-order chi connectivity index (χ0) is 14.1. The predicted octanol–water partition coefficient (Wildman–Crippen LogP) is 3.28. The van der Waals surface area contributed by atoms with Crippen molar-refractivity contribution in [2.75, 3.05) is 27.4 Å². The van der Waals surface area contributed by atoms with Crippen LogP contribution in [0.2, 0.25) is 0 Å². The number of ether oxygens (including phenoxy) is 4. The monoisotopic (exact) mass is 264 g/mol. The van der Waals surface area contributed by atoms with Crippen molar-refractivity contribution in [2.45, 2.75) is 6.92 Å². The number of hydrogen-bond donors (Lipinski definition) is 0. The van der Waals surface area contributed by atoms with Crippen LogP contribution in [0.3, 0.4) is 0 Å². The molecular weight excluding hydrogens is 244 g/mol. The lowest BCUT2D eigenvalue weighted by Crippen LogP contribution is -2.06. The molecule has 0 aliphatic carbocycles. The zero-order valence-corrected chi connectivity index (χ0v) is 11.6. The lowest BCUT2D eigenvalue weighted by molar-refractivity contribution is 0.172. The summed E-state index contributed by atoms with van der Waals surface area (Å²) in [6.07, 6.45) is 5.30. The summed E-state index contributed by atoms with van der Waals surface area (Å²) in [5.41, 5.74) is 0.992. The number of rotatable bonds is 8. The first-order valence-corrected chi connectivity index (χ1v) is 6.00. The van der Waals surface area contributed by atoms with Gasteiger partial charge in [0, 0.05) is 0 Å². The van der Waals surface area contributed by atoms with Crippen LogP contribution in [0.15, 0.2) is 31.0 Å². The van der Waals surface area contributed by atoms with E-state index in [9.17, 15) is 0 Å². The van der Waals surface area contributed by atoms with Crippen LogP contribution >= 0.6 is 0 Å². The molecule has 0 spiro atoms. The lowest BCUT2D eigenvalue weighted by atomic mass is 10.1. The predicted molar refractivity (Wildman–Crippen MR) is 75.9 cm³/mol. The van der Waals surface area contributed by atoms with Crippen molar-refractivity contribution in [2.24, 2.45) is 0 Å². The highest BCUT2D eigenvalue weighted by molar-refractivity contribution is 5.61. The van der Waals surface area contributed by atoms with Crippen molar-refractivity contribution in [1.29, 1.82) is 0 Å². The largest absolute Gasteiger partial charge is 0.498 e. The maximum Gasteiger partial charge on any atom is 0.203 e. The van der Waals surface area contributed by atoms with Crippen LogP contribution in [-0.4, -0.2) is 27.4 Å². The number of methoxy groups -OCH3 is 2. The Kier molecular flexibility index (Phi) is 6.36. The van der Waals surface area contributed by atoms with Crippen molar-refractivity contribution >= 4 is 6.08 Å². The van der Waals surface area contributed by atoms with Crippen LogP contribution in [0.4, 0.5) is 0 Å². The molecule has 4 nitrogen and oxygen atoms in total. The molecule has 0 unspecified atom stereocenters. The Morgan fingerprint density at radius 3 is 2.21 bits per heavy atom. The minimum absolute atomic E-state index is 0.391. The fourth-order valence-corrected chi connectivity index (χ4v) is 1.61. The van der Waals surface area contributed by atoms with E-state index >= 15 is 0 Å². The quantitative estimate of drug-likeness (QED) is 0.533. The van der Waals surface area contributed by atoms with E-state index in [-0.39, 0.29) is 0 Å². The highest BCUT2D eigenvalue weighted by atomic mass is 16.6. The van der Waals surface area contributed by atoms with Gasteiger partial charge < -0.3 is 18.9 Å². The van der Waals surface area contributed by atoms with Gasteiger partial charge in [0.2, 0.25) is 5.75 Å². The molecule has 0 amide bonds. The normalized spacial score (nSPS) is 10.3. The second-order valence-electron chi connectivity index (χ2n) is 3.64. The molecule has 0 N–H and O–H groups in total. The summed E-state index contributed by atoms with van der Waals surface area (Å²) in [4.78, 5) is 0. The van der Waals surface area contributed by atoms with Crippen LogP contribution in [0.5, 0.6) is 17.2 Å². The molecule has 1 aromatic carbocycles.